The molecular weight excluding hydrogens is 452 g/mol. The lowest BCUT2D eigenvalue weighted by atomic mass is 10.1. The van der Waals surface area contributed by atoms with Crippen LogP contribution in [0.2, 0.25) is 0 Å². The van der Waals surface area contributed by atoms with Crippen LogP contribution in [0.1, 0.15) is 5.56 Å². The van der Waals surface area contributed by atoms with Crippen molar-refractivity contribution in [1.82, 2.24) is 9.88 Å². The van der Waals surface area contributed by atoms with Gasteiger partial charge >= 0.3 is 0 Å². The first-order valence-corrected chi connectivity index (χ1v) is 11.6. The van der Waals surface area contributed by atoms with Gasteiger partial charge in [0.05, 0.1) is 10.4 Å². The highest BCUT2D eigenvalue weighted by atomic mass is 16.6. The lowest BCUT2D eigenvalue weighted by Gasteiger charge is -2.18. The van der Waals surface area contributed by atoms with E-state index in [1.807, 2.05) is 37.4 Å². The van der Waals surface area contributed by atoms with Crippen LogP contribution in [0.15, 0.2) is 103 Å². The fourth-order valence-electron chi connectivity index (χ4n) is 3.99. The molecule has 0 atom stereocenters. The van der Waals surface area contributed by atoms with Crippen molar-refractivity contribution in [1.29, 1.82) is 0 Å². The molecule has 3 aromatic carbocycles. The van der Waals surface area contributed by atoms with Gasteiger partial charge in [0.25, 0.3) is 5.69 Å². The standard InChI is InChI=1S/C28H26N6O2/c1-33-15-12-23(13-16-33)31-24-4-2-3-20(17-24)19-30-21-5-7-22(8-6-21)32-28-11-14-29-27-10-9-25(34(35)36)18-26(27)28/h2-15,17-18,30-31H,16,19H2,1H3,(H,29,32). The fraction of sp³-hybridized carbons (Fsp3) is 0.107. The third-order valence-corrected chi connectivity index (χ3v) is 5.92. The van der Waals surface area contributed by atoms with Crippen LogP contribution in [-0.4, -0.2) is 28.4 Å². The maximum atomic E-state index is 11.2. The smallest absolute Gasteiger partial charge is 0.270 e. The van der Waals surface area contributed by atoms with Crippen LogP contribution in [0.25, 0.3) is 10.9 Å². The van der Waals surface area contributed by atoms with Gasteiger partial charge in [0.1, 0.15) is 0 Å². The SMILES string of the molecule is CN1C=CC(Nc2cccc(CNc3ccc(Nc4ccnc5ccc([N+](=O)[O-])cc45)cc3)c2)=CC1. The largest absolute Gasteiger partial charge is 0.381 e. The van der Waals surface area contributed by atoms with Gasteiger partial charge in [-0.2, -0.15) is 0 Å². The van der Waals surface area contributed by atoms with Crippen molar-refractivity contribution in [3.05, 3.63) is 119 Å². The van der Waals surface area contributed by atoms with E-state index < -0.39 is 4.92 Å². The molecule has 180 valence electrons. The lowest BCUT2D eigenvalue weighted by molar-refractivity contribution is -0.384. The first kappa shape index (κ1) is 22.9. The zero-order valence-electron chi connectivity index (χ0n) is 19.8. The molecule has 0 spiro atoms. The van der Waals surface area contributed by atoms with Crippen LogP contribution in [0.5, 0.6) is 0 Å². The molecule has 0 unspecified atom stereocenters. The van der Waals surface area contributed by atoms with Crippen LogP contribution >= 0.6 is 0 Å². The number of nitrogens with zero attached hydrogens (tertiary/aromatic N) is 3. The highest BCUT2D eigenvalue weighted by Gasteiger charge is 2.10. The molecule has 0 saturated heterocycles. The molecule has 1 aliphatic heterocycles. The Kier molecular flexibility index (Phi) is 6.48. The Balaban J connectivity index is 1.22. The molecule has 1 aliphatic rings. The van der Waals surface area contributed by atoms with E-state index in [0.29, 0.717) is 17.4 Å². The zero-order valence-corrected chi connectivity index (χ0v) is 19.8. The number of hydrogen-bond donors (Lipinski definition) is 3. The molecule has 0 bridgehead atoms. The van der Waals surface area contributed by atoms with Crippen molar-refractivity contribution in [2.75, 3.05) is 29.5 Å². The Morgan fingerprint density at radius 3 is 2.58 bits per heavy atom. The molecule has 2 heterocycles. The molecule has 1 aromatic heterocycles. The second-order valence-corrected chi connectivity index (χ2v) is 8.61. The Labute approximate surface area is 209 Å². The molecule has 0 fully saturated rings. The van der Waals surface area contributed by atoms with E-state index in [9.17, 15) is 10.1 Å². The van der Waals surface area contributed by atoms with Gasteiger partial charge in [0.15, 0.2) is 0 Å². The number of rotatable bonds is 8. The van der Waals surface area contributed by atoms with Gasteiger partial charge in [-0.3, -0.25) is 15.1 Å². The van der Waals surface area contributed by atoms with Crippen molar-refractivity contribution in [2.24, 2.45) is 0 Å². The molecule has 5 rings (SSSR count). The van der Waals surface area contributed by atoms with Crippen LogP contribution in [0, 0.1) is 10.1 Å². The van der Waals surface area contributed by atoms with Crippen molar-refractivity contribution in [3.63, 3.8) is 0 Å². The molecule has 0 aliphatic carbocycles. The number of anilines is 4. The van der Waals surface area contributed by atoms with E-state index in [0.717, 1.165) is 35.0 Å². The van der Waals surface area contributed by atoms with Crippen LogP contribution in [0.4, 0.5) is 28.4 Å². The third kappa shape index (κ3) is 5.44. The molecule has 8 nitrogen and oxygen atoms in total. The van der Waals surface area contributed by atoms with E-state index in [4.69, 9.17) is 0 Å². The Morgan fingerprint density at radius 2 is 1.81 bits per heavy atom. The average Bonchev–Trinajstić information content (AvgIpc) is 2.90. The topological polar surface area (TPSA) is 95.4 Å². The minimum atomic E-state index is -0.397. The number of fused-ring (bicyclic) bond motifs is 1. The van der Waals surface area contributed by atoms with Crippen LogP contribution in [0.3, 0.4) is 0 Å². The molecule has 0 radical (unpaired) electrons. The second kappa shape index (κ2) is 10.2. The van der Waals surface area contributed by atoms with Crippen molar-refractivity contribution in [2.45, 2.75) is 6.54 Å². The average molecular weight is 479 g/mol. The third-order valence-electron chi connectivity index (χ3n) is 5.92. The molecule has 36 heavy (non-hydrogen) atoms. The van der Waals surface area contributed by atoms with E-state index >= 15 is 0 Å². The van der Waals surface area contributed by atoms with Gasteiger partial charge in [-0.1, -0.05) is 12.1 Å². The van der Waals surface area contributed by atoms with E-state index in [1.54, 1.807) is 18.3 Å². The lowest BCUT2D eigenvalue weighted by Crippen LogP contribution is -2.15. The Bertz CT molecular complexity index is 1460. The number of nitro benzene ring substituents is 1. The van der Waals surface area contributed by atoms with Crippen LogP contribution < -0.4 is 16.0 Å². The second-order valence-electron chi connectivity index (χ2n) is 8.61. The van der Waals surface area contributed by atoms with Gasteiger partial charge in [-0.05, 0) is 66.2 Å². The first-order chi connectivity index (χ1) is 17.5. The number of allylic oxidation sites excluding steroid dienone is 1. The van der Waals surface area contributed by atoms with Crippen molar-refractivity contribution in [3.8, 4) is 0 Å². The number of benzene rings is 3. The molecule has 0 amide bonds. The predicted molar refractivity (Wildman–Crippen MR) is 145 cm³/mol. The van der Waals surface area contributed by atoms with Crippen LogP contribution in [-0.2, 0) is 6.54 Å². The summed E-state index contributed by atoms with van der Waals surface area (Å²) < 4.78 is 0. The van der Waals surface area contributed by atoms with E-state index in [2.05, 4.69) is 68.5 Å². The summed E-state index contributed by atoms with van der Waals surface area (Å²) in [5, 5.41) is 22.2. The minimum Gasteiger partial charge on any atom is -0.381 e. The minimum absolute atomic E-state index is 0.0388. The summed E-state index contributed by atoms with van der Waals surface area (Å²) in [4.78, 5) is 17.2. The zero-order chi connectivity index (χ0) is 24.9. The van der Waals surface area contributed by atoms with E-state index in [-0.39, 0.29) is 5.69 Å². The maximum absolute atomic E-state index is 11.2. The first-order valence-electron chi connectivity index (χ1n) is 11.6. The summed E-state index contributed by atoms with van der Waals surface area (Å²) in [7, 11) is 2.05. The molecule has 8 heteroatoms. The van der Waals surface area contributed by atoms with Gasteiger partial charge in [0.2, 0.25) is 0 Å². The number of likely N-dealkylation sites (N-methyl/N-ethyl adjacent to an activating group) is 1. The summed E-state index contributed by atoms with van der Waals surface area (Å²) in [6.45, 7) is 1.58. The number of pyridine rings is 1. The monoisotopic (exact) mass is 478 g/mol. The van der Waals surface area contributed by atoms with Gasteiger partial charge in [0, 0.05) is 78.5 Å². The highest BCUT2D eigenvalue weighted by molar-refractivity contribution is 5.94. The number of hydrogen-bond acceptors (Lipinski definition) is 7. The van der Waals surface area contributed by atoms with Crippen molar-refractivity contribution >= 4 is 39.3 Å². The summed E-state index contributed by atoms with van der Waals surface area (Å²) in [6, 6.07) is 22.8. The fourth-order valence-corrected chi connectivity index (χ4v) is 3.99. The maximum Gasteiger partial charge on any atom is 0.270 e. The number of nitrogens with one attached hydrogen (secondary N) is 3. The summed E-state index contributed by atoms with van der Waals surface area (Å²) in [6.07, 6.45) is 7.98. The van der Waals surface area contributed by atoms with Crippen molar-refractivity contribution < 1.29 is 4.92 Å². The molecule has 3 N–H and O–H groups in total. The normalized spacial score (nSPS) is 12.8. The van der Waals surface area contributed by atoms with Gasteiger partial charge in [-0.15, -0.1) is 0 Å². The predicted octanol–water partition coefficient (Wildman–Crippen LogP) is 6.25. The highest BCUT2D eigenvalue weighted by Crippen LogP contribution is 2.29. The molecular formula is C28H26N6O2. The number of aromatic nitrogens is 1. The molecule has 4 aromatic rings. The Morgan fingerprint density at radius 1 is 0.972 bits per heavy atom. The Hall–Kier alpha value is -4.85. The summed E-state index contributed by atoms with van der Waals surface area (Å²) >= 11 is 0. The molecule has 0 saturated carbocycles. The van der Waals surface area contributed by atoms with Gasteiger partial charge < -0.3 is 20.9 Å². The van der Waals surface area contributed by atoms with E-state index in [1.165, 1.54) is 11.6 Å². The number of nitro groups is 1. The number of non-ortho nitro benzene ring substituents is 1. The van der Waals surface area contributed by atoms with Gasteiger partial charge in [-0.25, -0.2) is 0 Å². The quantitative estimate of drug-likeness (QED) is 0.203. The summed E-state index contributed by atoms with van der Waals surface area (Å²) in [5.74, 6) is 0. The summed E-state index contributed by atoms with van der Waals surface area (Å²) in [5.41, 5.74) is 6.70.